The molecule has 166 valence electrons. The van der Waals surface area contributed by atoms with Crippen molar-refractivity contribution in [2.75, 3.05) is 30.0 Å². The largest absolute Gasteiger partial charge is 0.444 e. The molecule has 3 amide bonds. The second kappa shape index (κ2) is 9.61. The Bertz CT molecular complexity index is 905. The number of alkyl carbamates (subject to hydrolysis) is 1. The molecule has 1 aliphatic heterocycles. The Hall–Kier alpha value is -3.40. The van der Waals surface area contributed by atoms with E-state index in [0.29, 0.717) is 24.5 Å². The van der Waals surface area contributed by atoms with Gasteiger partial charge in [-0.3, -0.25) is 9.59 Å². The van der Waals surface area contributed by atoms with Crippen LogP contribution < -0.4 is 15.5 Å². The number of amides is 3. The van der Waals surface area contributed by atoms with Crippen LogP contribution >= 0.6 is 0 Å². The molecule has 2 heterocycles. The molecular formula is C21H27N5O5. The molecule has 1 aromatic heterocycles. The van der Waals surface area contributed by atoms with Crippen molar-refractivity contribution < 1.29 is 23.9 Å². The Morgan fingerprint density at radius 3 is 2.65 bits per heavy atom. The number of hydrogen-bond donors (Lipinski definition) is 3. The van der Waals surface area contributed by atoms with Gasteiger partial charge in [0.25, 0.3) is 5.91 Å². The summed E-state index contributed by atoms with van der Waals surface area (Å²) in [6.07, 6.45) is 2.62. The van der Waals surface area contributed by atoms with Crippen molar-refractivity contribution >= 4 is 29.3 Å². The number of aromatic amines is 1. The second-order valence-electron chi connectivity index (χ2n) is 8.11. The molecule has 31 heavy (non-hydrogen) atoms. The zero-order valence-corrected chi connectivity index (χ0v) is 17.8. The van der Waals surface area contributed by atoms with Gasteiger partial charge in [0.05, 0.1) is 12.9 Å². The SMILES string of the molecule is CC(C)(C)OC(=O)N[C@H](Cc1cnc[nH]1)C(=O)Nc1ccc(N2CCOCC2=O)cc1. The van der Waals surface area contributed by atoms with Gasteiger partial charge in [-0.2, -0.15) is 0 Å². The fourth-order valence-corrected chi connectivity index (χ4v) is 3.02. The van der Waals surface area contributed by atoms with Crippen molar-refractivity contribution in [2.24, 2.45) is 0 Å². The summed E-state index contributed by atoms with van der Waals surface area (Å²) in [4.78, 5) is 45.6. The highest BCUT2D eigenvalue weighted by molar-refractivity contribution is 5.98. The van der Waals surface area contributed by atoms with Crippen molar-refractivity contribution in [1.29, 1.82) is 0 Å². The van der Waals surface area contributed by atoms with Crippen LogP contribution in [0.2, 0.25) is 0 Å². The first-order valence-electron chi connectivity index (χ1n) is 9.97. The molecule has 3 N–H and O–H groups in total. The molecular weight excluding hydrogens is 402 g/mol. The molecule has 0 spiro atoms. The summed E-state index contributed by atoms with van der Waals surface area (Å²) in [5.74, 6) is -0.514. The van der Waals surface area contributed by atoms with E-state index in [0.717, 1.165) is 5.69 Å². The van der Waals surface area contributed by atoms with Gasteiger partial charge in [0, 0.05) is 36.2 Å². The van der Waals surface area contributed by atoms with E-state index in [9.17, 15) is 14.4 Å². The number of morpholine rings is 1. The Kier molecular flexibility index (Phi) is 6.91. The van der Waals surface area contributed by atoms with E-state index < -0.39 is 23.6 Å². The number of benzene rings is 1. The number of anilines is 2. The van der Waals surface area contributed by atoms with Gasteiger partial charge < -0.3 is 30.0 Å². The van der Waals surface area contributed by atoms with Crippen LogP contribution in [0.4, 0.5) is 16.2 Å². The van der Waals surface area contributed by atoms with Crippen molar-refractivity contribution in [1.82, 2.24) is 15.3 Å². The molecule has 0 aliphatic carbocycles. The highest BCUT2D eigenvalue weighted by Gasteiger charge is 2.26. The van der Waals surface area contributed by atoms with Crippen molar-refractivity contribution in [3.8, 4) is 0 Å². The number of carbonyl (C=O) groups is 3. The van der Waals surface area contributed by atoms with Crippen molar-refractivity contribution in [3.63, 3.8) is 0 Å². The molecule has 10 heteroatoms. The summed E-state index contributed by atoms with van der Waals surface area (Å²) in [5, 5.41) is 5.41. The first-order chi connectivity index (χ1) is 14.7. The molecule has 0 unspecified atom stereocenters. The number of hydrogen-bond acceptors (Lipinski definition) is 6. The highest BCUT2D eigenvalue weighted by atomic mass is 16.6. The maximum Gasteiger partial charge on any atom is 0.408 e. The number of nitrogens with one attached hydrogen (secondary N) is 3. The summed E-state index contributed by atoms with van der Waals surface area (Å²) in [7, 11) is 0. The van der Waals surface area contributed by atoms with Gasteiger partial charge in [-0.1, -0.05) is 0 Å². The van der Waals surface area contributed by atoms with Crippen LogP contribution in [0.1, 0.15) is 26.5 Å². The van der Waals surface area contributed by atoms with E-state index in [1.807, 2.05) is 0 Å². The molecule has 1 fully saturated rings. The summed E-state index contributed by atoms with van der Waals surface area (Å²) in [5.41, 5.74) is 1.27. The Balaban J connectivity index is 1.67. The predicted octanol–water partition coefficient (Wildman–Crippen LogP) is 1.85. The van der Waals surface area contributed by atoms with Gasteiger partial charge in [0.1, 0.15) is 18.2 Å². The van der Waals surface area contributed by atoms with E-state index in [1.165, 1.54) is 6.33 Å². The molecule has 10 nitrogen and oxygen atoms in total. The van der Waals surface area contributed by atoms with E-state index in [1.54, 1.807) is 56.1 Å². The Morgan fingerprint density at radius 1 is 1.29 bits per heavy atom. The fourth-order valence-electron chi connectivity index (χ4n) is 3.02. The maximum absolute atomic E-state index is 12.9. The van der Waals surface area contributed by atoms with E-state index in [2.05, 4.69) is 20.6 Å². The number of aromatic nitrogens is 2. The molecule has 2 aromatic rings. The predicted molar refractivity (Wildman–Crippen MR) is 114 cm³/mol. The van der Waals surface area contributed by atoms with Crippen LogP contribution in [-0.2, 0) is 25.5 Å². The topological polar surface area (TPSA) is 126 Å². The standard InChI is InChI=1S/C21H27N5O5/c1-21(2,3)31-20(29)25-17(10-15-11-22-13-23-15)19(28)24-14-4-6-16(7-5-14)26-8-9-30-12-18(26)27/h4-7,11,13,17H,8-10,12H2,1-3H3,(H,22,23)(H,24,28)(H,25,29)/t17-/m1/s1. The maximum atomic E-state index is 12.9. The van der Waals surface area contributed by atoms with Gasteiger partial charge in [-0.25, -0.2) is 9.78 Å². The van der Waals surface area contributed by atoms with Gasteiger partial charge in [-0.15, -0.1) is 0 Å². The van der Waals surface area contributed by atoms with Gasteiger partial charge >= 0.3 is 6.09 Å². The van der Waals surface area contributed by atoms with Gasteiger partial charge in [0.15, 0.2) is 0 Å². The molecule has 1 saturated heterocycles. The zero-order chi connectivity index (χ0) is 22.4. The minimum absolute atomic E-state index is 0.0596. The summed E-state index contributed by atoms with van der Waals surface area (Å²) in [6, 6.07) is 6.04. The molecule has 1 aromatic carbocycles. The number of nitrogens with zero attached hydrogens (tertiary/aromatic N) is 2. The third kappa shape index (κ3) is 6.54. The third-order valence-electron chi connectivity index (χ3n) is 4.42. The lowest BCUT2D eigenvalue weighted by molar-refractivity contribution is -0.125. The molecule has 1 atom stereocenters. The minimum Gasteiger partial charge on any atom is -0.444 e. The van der Waals surface area contributed by atoms with E-state index in [4.69, 9.17) is 9.47 Å². The number of rotatable bonds is 6. The van der Waals surface area contributed by atoms with Crippen molar-refractivity contribution in [3.05, 3.63) is 42.5 Å². The lowest BCUT2D eigenvalue weighted by Gasteiger charge is -2.27. The van der Waals surface area contributed by atoms with Gasteiger partial charge in [0.2, 0.25) is 5.91 Å². The summed E-state index contributed by atoms with van der Waals surface area (Å²) < 4.78 is 10.4. The number of imidazole rings is 1. The van der Waals surface area contributed by atoms with Crippen LogP contribution in [0, 0.1) is 0 Å². The molecule has 0 radical (unpaired) electrons. The number of H-pyrrole nitrogens is 1. The number of ether oxygens (including phenoxy) is 2. The van der Waals surface area contributed by atoms with Crippen LogP contribution in [0.15, 0.2) is 36.8 Å². The molecule has 0 bridgehead atoms. The monoisotopic (exact) mass is 429 g/mol. The Morgan fingerprint density at radius 2 is 2.03 bits per heavy atom. The zero-order valence-electron chi connectivity index (χ0n) is 17.8. The first-order valence-corrected chi connectivity index (χ1v) is 9.97. The first kappa shape index (κ1) is 22.3. The average Bonchev–Trinajstić information content (AvgIpc) is 3.20. The van der Waals surface area contributed by atoms with E-state index >= 15 is 0 Å². The Labute approximate surface area is 180 Å². The average molecular weight is 429 g/mol. The smallest absolute Gasteiger partial charge is 0.408 e. The fraction of sp³-hybridized carbons (Fsp3) is 0.429. The van der Waals surface area contributed by atoms with Crippen LogP contribution in [0.3, 0.4) is 0 Å². The van der Waals surface area contributed by atoms with Gasteiger partial charge in [-0.05, 0) is 45.0 Å². The lowest BCUT2D eigenvalue weighted by Crippen LogP contribution is -2.47. The van der Waals surface area contributed by atoms with Crippen LogP contribution in [0.5, 0.6) is 0 Å². The quantitative estimate of drug-likeness (QED) is 0.643. The summed E-state index contributed by atoms with van der Waals surface area (Å²) in [6.45, 7) is 6.27. The van der Waals surface area contributed by atoms with Crippen LogP contribution in [0.25, 0.3) is 0 Å². The molecule has 3 rings (SSSR count). The molecule has 0 saturated carbocycles. The van der Waals surface area contributed by atoms with Crippen molar-refractivity contribution in [2.45, 2.75) is 38.8 Å². The third-order valence-corrected chi connectivity index (χ3v) is 4.42. The summed E-state index contributed by atoms with van der Waals surface area (Å²) >= 11 is 0. The number of carbonyl (C=O) groups excluding carboxylic acids is 3. The second-order valence-corrected chi connectivity index (χ2v) is 8.11. The normalized spacial score (nSPS) is 15.3. The van der Waals surface area contributed by atoms with E-state index in [-0.39, 0.29) is 18.9 Å². The van der Waals surface area contributed by atoms with Crippen LogP contribution in [-0.4, -0.2) is 59.3 Å². The minimum atomic E-state index is -0.879. The molecule has 1 aliphatic rings. The highest BCUT2D eigenvalue weighted by Crippen LogP contribution is 2.20. The lowest BCUT2D eigenvalue weighted by atomic mass is 10.1.